The number of fused-ring (bicyclic) bond motifs is 1. The van der Waals surface area contributed by atoms with Crippen molar-refractivity contribution in [2.45, 2.75) is 13.5 Å². The van der Waals surface area contributed by atoms with E-state index in [1.807, 2.05) is 43.3 Å². The monoisotopic (exact) mass is 496 g/mol. The Morgan fingerprint density at radius 3 is 2.74 bits per heavy atom. The fourth-order valence-corrected chi connectivity index (χ4v) is 4.70. The molecule has 0 spiro atoms. The highest BCUT2D eigenvalue weighted by atomic mass is 32.2. The Balaban J connectivity index is 1.68. The van der Waals surface area contributed by atoms with E-state index >= 15 is 0 Å². The maximum absolute atomic E-state index is 13.4. The molecule has 2 N–H and O–H groups in total. The van der Waals surface area contributed by atoms with E-state index in [0.29, 0.717) is 40.4 Å². The zero-order valence-corrected chi connectivity index (χ0v) is 20.2. The van der Waals surface area contributed by atoms with Crippen molar-refractivity contribution in [1.29, 1.82) is 0 Å². The largest absolute Gasteiger partial charge is 0.394 e. The highest BCUT2D eigenvalue weighted by molar-refractivity contribution is 8.26. The van der Waals surface area contributed by atoms with E-state index < -0.39 is 0 Å². The van der Waals surface area contributed by atoms with Gasteiger partial charge in [-0.05, 0) is 30.2 Å². The summed E-state index contributed by atoms with van der Waals surface area (Å²) in [6.45, 7) is 3.13. The van der Waals surface area contributed by atoms with Gasteiger partial charge >= 0.3 is 0 Å². The van der Waals surface area contributed by atoms with Crippen LogP contribution in [0, 0.1) is 6.92 Å². The van der Waals surface area contributed by atoms with Crippen LogP contribution in [0.25, 0.3) is 11.7 Å². The highest BCUT2D eigenvalue weighted by Gasteiger charge is 2.32. The van der Waals surface area contributed by atoms with Crippen molar-refractivity contribution >= 4 is 51.7 Å². The van der Waals surface area contributed by atoms with E-state index in [4.69, 9.17) is 22.1 Å². The van der Waals surface area contributed by atoms with Gasteiger partial charge in [0, 0.05) is 12.7 Å². The number of amides is 1. The van der Waals surface area contributed by atoms with Crippen molar-refractivity contribution in [3.63, 3.8) is 0 Å². The SMILES string of the molecule is Cc1ccc2nc(NCCOCCO)c(/C=C3\SC(=S)N(Cc4ccccc4)C3=O)c(=O)n2c1. The average Bonchev–Trinajstić information content (AvgIpc) is 3.09. The molecule has 1 aliphatic heterocycles. The summed E-state index contributed by atoms with van der Waals surface area (Å²) in [4.78, 5) is 33.1. The molecule has 1 fully saturated rings. The van der Waals surface area contributed by atoms with Crippen LogP contribution < -0.4 is 10.9 Å². The Labute approximate surface area is 206 Å². The average molecular weight is 497 g/mol. The zero-order chi connectivity index (χ0) is 24.1. The maximum atomic E-state index is 13.4. The summed E-state index contributed by atoms with van der Waals surface area (Å²) in [5.41, 5.74) is 2.34. The Hall–Kier alpha value is -3.05. The smallest absolute Gasteiger partial charge is 0.267 e. The number of pyridine rings is 1. The Kier molecular flexibility index (Phi) is 7.73. The first-order valence-electron chi connectivity index (χ1n) is 10.7. The number of ether oxygens (including phenoxy) is 1. The van der Waals surface area contributed by atoms with Gasteiger partial charge in [0.2, 0.25) is 0 Å². The van der Waals surface area contributed by atoms with Crippen LogP contribution in [0.1, 0.15) is 16.7 Å². The minimum Gasteiger partial charge on any atom is -0.394 e. The third kappa shape index (κ3) is 5.36. The van der Waals surface area contributed by atoms with Crippen LogP contribution in [-0.2, 0) is 16.1 Å². The molecular weight excluding hydrogens is 472 g/mol. The number of thiocarbonyl (C=S) groups is 1. The molecule has 3 aromatic rings. The molecule has 0 bridgehead atoms. The number of rotatable bonds is 9. The molecule has 1 aliphatic rings. The summed E-state index contributed by atoms with van der Waals surface area (Å²) in [6, 6.07) is 13.3. The Morgan fingerprint density at radius 1 is 1.18 bits per heavy atom. The van der Waals surface area contributed by atoms with E-state index in [1.54, 1.807) is 18.3 Å². The predicted octanol–water partition coefficient (Wildman–Crippen LogP) is 2.83. The summed E-state index contributed by atoms with van der Waals surface area (Å²) < 4.78 is 7.20. The number of anilines is 1. The first kappa shape index (κ1) is 24.1. The number of benzene rings is 1. The van der Waals surface area contributed by atoms with Gasteiger partial charge in [-0.25, -0.2) is 4.98 Å². The number of nitrogens with one attached hydrogen (secondary N) is 1. The number of aliphatic hydroxyl groups excluding tert-OH is 1. The van der Waals surface area contributed by atoms with Gasteiger partial charge in [-0.2, -0.15) is 0 Å². The zero-order valence-electron chi connectivity index (χ0n) is 18.6. The fourth-order valence-electron chi connectivity index (χ4n) is 3.47. The lowest BCUT2D eigenvalue weighted by Crippen LogP contribution is -2.27. The second-order valence-corrected chi connectivity index (χ2v) is 9.31. The summed E-state index contributed by atoms with van der Waals surface area (Å²) in [6.07, 6.45) is 3.28. The van der Waals surface area contributed by atoms with E-state index in [1.165, 1.54) is 21.1 Å². The molecule has 2 aromatic heterocycles. The van der Waals surface area contributed by atoms with Gasteiger partial charge in [0.05, 0.1) is 36.8 Å². The normalized spacial score (nSPS) is 15.0. The van der Waals surface area contributed by atoms with Crippen molar-refractivity contribution in [3.8, 4) is 0 Å². The molecule has 1 aromatic carbocycles. The van der Waals surface area contributed by atoms with Gasteiger partial charge in [0.1, 0.15) is 15.8 Å². The van der Waals surface area contributed by atoms with Crippen LogP contribution in [0.5, 0.6) is 0 Å². The first-order chi connectivity index (χ1) is 16.5. The van der Waals surface area contributed by atoms with E-state index in [9.17, 15) is 9.59 Å². The molecule has 1 amide bonds. The number of nitrogens with zero attached hydrogens (tertiary/aromatic N) is 3. The number of aryl methyl sites for hydroxylation is 1. The van der Waals surface area contributed by atoms with Gasteiger partial charge in [-0.1, -0.05) is 60.4 Å². The van der Waals surface area contributed by atoms with Gasteiger partial charge in [0.25, 0.3) is 11.5 Å². The van der Waals surface area contributed by atoms with E-state index in [0.717, 1.165) is 11.1 Å². The summed E-state index contributed by atoms with van der Waals surface area (Å²) in [5.74, 6) is 0.111. The van der Waals surface area contributed by atoms with Crippen molar-refractivity contribution in [1.82, 2.24) is 14.3 Å². The van der Waals surface area contributed by atoms with Crippen LogP contribution in [0.2, 0.25) is 0 Å². The predicted molar refractivity (Wildman–Crippen MR) is 138 cm³/mol. The maximum Gasteiger partial charge on any atom is 0.267 e. The number of hydrogen-bond acceptors (Lipinski definition) is 8. The summed E-state index contributed by atoms with van der Waals surface area (Å²) in [7, 11) is 0. The molecule has 0 aliphatic carbocycles. The number of aliphatic hydroxyl groups is 1. The van der Waals surface area contributed by atoms with Gasteiger partial charge in [0.15, 0.2) is 0 Å². The van der Waals surface area contributed by atoms with Crippen molar-refractivity contribution in [3.05, 3.63) is 80.6 Å². The van der Waals surface area contributed by atoms with Crippen molar-refractivity contribution < 1.29 is 14.6 Å². The van der Waals surface area contributed by atoms with Gasteiger partial charge < -0.3 is 15.2 Å². The van der Waals surface area contributed by atoms with Crippen molar-refractivity contribution in [2.24, 2.45) is 0 Å². The quantitative estimate of drug-likeness (QED) is 0.265. The second kappa shape index (κ2) is 10.9. The molecule has 10 heteroatoms. The van der Waals surface area contributed by atoms with E-state index in [2.05, 4.69) is 10.3 Å². The number of carbonyl (C=O) groups excluding carboxylic acids is 1. The topological polar surface area (TPSA) is 96.2 Å². The van der Waals surface area contributed by atoms with Crippen molar-refractivity contribution in [2.75, 3.05) is 31.7 Å². The Bertz CT molecular complexity index is 1310. The molecule has 4 rings (SSSR count). The van der Waals surface area contributed by atoms with Gasteiger partial charge in [-0.15, -0.1) is 0 Å². The second-order valence-electron chi connectivity index (χ2n) is 7.63. The van der Waals surface area contributed by atoms with E-state index in [-0.39, 0.29) is 30.2 Å². The molecular formula is C24H24N4O4S2. The lowest BCUT2D eigenvalue weighted by Gasteiger charge is -2.14. The molecule has 1 saturated heterocycles. The summed E-state index contributed by atoms with van der Waals surface area (Å²) in [5, 5.41) is 12.0. The molecule has 0 radical (unpaired) electrons. The van der Waals surface area contributed by atoms with Gasteiger partial charge in [-0.3, -0.25) is 18.9 Å². The minimum absolute atomic E-state index is 0.0645. The van der Waals surface area contributed by atoms with Crippen LogP contribution in [0.4, 0.5) is 5.82 Å². The lowest BCUT2D eigenvalue weighted by atomic mass is 10.2. The molecule has 0 atom stereocenters. The van der Waals surface area contributed by atoms with Crippen LogP contribution in [0.3, 0.4) is 0 Å². The van der Waals surface area contributed by atoms with Crippen LogP contribution in [0.15, 0.2) is 58.4 Å². The molecule has 3 heterocycles. The molecule has 176 valence electrons. The molecule has 8 nitrogen and oxygen atoms in total. The third-order valence-electron chi connectivity index (χ3n) is 5.11. The molecule has 34 heavy (non-hydrogen) atoms. The highest BCUT2D eigenvalue weighted by Crippen LogP contribution is 2.34. The fraction of sp³-hybridized carbons (Fsp3) is 0.250. The lowest BCUT2D eigenvalue weighted by molar-refractivity contribution is -0.122. The third-order valence-corrected chi connectivity index (χ3v) is 6.49. The number of aromatic nitrogens is 2. The Morgan fingerprint density at radius 2 is 1.97 bits per heavy atom. The number of hydrogen-bond donors (Lipinski definition) is 2. The molecule has 0 unspecified atom stereocenters. The molecule has 0 saturated carbocycles. The first-order valence-corrected chi connectivity index (χ1v) is 11.9. The van der Waals surface area contributed by atoms with Crippen LogP contribution in [-0.4, -0.2) is 56.0 Å². The van der Waals surface area contributed by atoms with Crippen LogP contribution >= 0.6 is 24.0 Å². The number of thioether (sulfide) groups is 1. The minimum atomic E-state index is -0.291. The standard InChI is InChI=1S/C24H24N4O4S2/c1-16-7-8-20-26-21(25-9-11-32-12-10-29)18(22(30)27(20)14-16)13-19-23(31)28(24(33)34-19)15-17-5-3-2-4-6-17/h2-8,13-14,25,29H,9-12,15H2,1H3/b19-13-. The summed E-state index contributed by atoms with van der Waals surface area (Å²) >= 11 is 6.63. The number of carbonyl (C=O) groups is 1.